The van der Waals surface area contributed by atoms with E-state index >= 15 is 0 Å². The second-order valence-electron chi connectivity index (χ2n) is 3.75. The van der Waals surface area contributed by atoms with Crippen molar-refractivity contribution in [2.45, 2.75) is 5.60 Å². The predicted molar refractivity (Wildman–Crippen MR) is 75.0 cm³/mol. The maximum atomic E-state index is 11.4. The molecule has 2 N–H and O–H groups in total. The molecule has 4 radical (unpaired) electrons. The van der Waals surface area contributed by atoms with Gasteiger partial charge in [0, 0.05) is 27.3 Å². The van der Waals surface area contributed by atoms with E-state index in [0.29, 0.717) is 11.1 Å². The van der Waals surface area contributed by atoms with Gasteiger partial charge in [-0.25, -0.2) is 4.79 Å². The van der Waals surface area contributed by atoms with Gasteiger partial charge < -0.3 is 10.2 Å². The average Bonchev–Trinajstić information content (AvgIpc) is 2.39. The molecule has 2 aromatic carbocycles. The summed E-state index contributed by atoms with van der Waals surface area (Å²) >= 11 is 0. The van der Waals surface area contributed by atoms with Crippen LogP contribution in [0, 0.1) is 0 Å². The van der Waals surface area contributed by atoms with Crippen LogP contribution in [0.25, 0.3) is 0 Å². The topological polar surface area (TPSA) is 57.5 Å². The number of carboxylic acid groups (broad SMARTS) is 1. The Kier molecular flexibility index (Phi) is 6.65. The molecule has 0 aromatic heterocycles. The van der Waals surface area contributed by atoms with Crippen molar-refractivity contribution in [2.75, 3.05) is 0 Å². The standard InChI is InChI=1S/C14H12O3.B.Li/c15-13(16)14(17,11-7-3-1-4-8-11)12-9-5-2-6-10-12;;/h1-10,17H,(H,15,16);;. The van der Waals surface area contributed by atoms with Crippen LogP contribution in [-0.4, -0.2) is 43.5 Å². The number of aliphatic carboxylic acids is 1. The van der Waals surface area contributed by atoms with E-state index in [1.54, 1.807) is 60.7 Å². The number of carbonyl (C=O) groups is 1. The van der Waals surface area contributed by atoms with E-state index in [0.717, 1.165) is 0 Å². The second-order valence-corrected chi connectivity index (χ2v) is 3.75. The molecule has 3 nitrogen and oxygen atoms in total. The Morgan fingerprint density at radius 2 is 1.16 bits per heavy atom. The minimum absolute atomic E-state index is 0. The SMILES string of the molecule is O=C(O)C(O)(c1ccccc1)c1ccccc1.[B].[Li]. The Hall–Kier alpha value is -1.47. The van der Waals surface area contributed by atoms with Gasteiger partial charge >= 0.3 is 5.97 Å². The summed E-state index contributed by atoms with van der Waals surface area (Å²) in [5.74, 6) is -1.28. The van der Waals surface area contributed by atoms with E-state index in [1.807, 2.05) is 0 Å². The zero-order valence-corrected chi connectivity index (χ0v) is 10.7. The molecule has 2 aromatic rings. The fourth-order valence-corrected chi connectivity index (χ4v) is 1.77. The Labute approximate surface area is 126 Å². The first kappa shape index (κ1) is 17.5. The Bertz CT molecular complexity index is 477. The number of carboxylic acids is 1. The van der Waals surface area contributed by atoms with Gasteiger partial charge in [-0.1, -0.05) is 60.7 Å². The third kappa shape index (κ3) is 3.30. The molecular weight excluding hydrogens is 234 g/mol. The molecule has 0 fully saturated rings. The van der Waals surface area contributed by atoms with Crippen molar-refractivity contribution in [3.63, 3.8) is 0 Å². The Morgan fingerprint density at radius 3 is 1.42 bits per heavy atom. The monoisotopic (exact) mass is 246 g/mol. The van der Waals surface area contributed by atoms with Crippen LogP contribution in [-0.2, 0) is 10.4 Å². The predicted octanol–water partition coefficient (Wildman–Crippen LogP) is 1.25. The maximum Gasteiger partial charge on any atom is 0.345 e. The van der Waals surface area contributed by atoms with Crippen molar-refractivity contribution in [2.24, 2.45) is 0 Å². The minimum Gasteiger partial charge on any atom is -0.479 e. The molecular formula is C14H12BLiO3. The molecule has 5 heteroatoms. The van der Waals surface area contributed by atoms with Gasteiger partial charge in [-0.05, 0) is 11.1 Å². The summed E-state index contributed by atoms with van der Waals surface area (Å²) in [5.41, 5.74) is -1.31. The number of hydrogen-bond donors (Lipinski definition) is 2. The molecule has 0 aliphatic heterocycles. The van der Waals surface area contributed by atoms with Gasteiger partial charge in [0.25, 0.3) is 0 Å². The van der Waals surface area contributed by atoms with Gasteiger partial charge in [0.15, 0.2) is 0 Å². The molecule has 0 bridgehead atoms. The van der Waals surface area contributed by atoms with Gasteiger partial charge in [0.1, 0.15) is 0 Å². The van der Waals surface area contributed by atoms with Crippen molar-refractivity contribution in [3.8, 4) is 0 Å². The van der Waals surface area contributed by atoms with Gasteiger partial charge in [-0.2, -0.15) is 0 Å². The minimum atomic E-state index is -2.00. The third-order valence-electron chi connectivity index (χ3n) is 2.69. The number of aliphatic hydroxyl groups is 1. The first-order valence-corrected chi connectivity index (χ1v) is 5.22. The van der Waals surface area contributed by atoms with Crippen LogP contribution in [0.2, 0.25) is 0 Å². The fourth-order valence-electron chi connectivity index (χ4n) is 1.77. The molecule has 0 spiro atoms. The van der Waals surface area contributed by atoms with Crippen LogP contribution in [0.4, 0.5) is 0 Å². The third-order valence-corrected chi connectivity index (χ3v) is 2.69. The molecule has 0 atom stereocenters. The van der Waals surface area contributed by atoms with Crippen LogP contribution < -0.4 is 0 Å². The molecule has 0 saturated carbocycles. The van der Waals surface area contributed by atoms with Crippen molar-refractivity contribution in [3.05, 3.63) is 71.8 Å². The van der Waals surface area contributed by atoms with Crippen LogP contribution in [0.3, 0.4) is 0 Å². The molecule has 0 heterocycles. The Balaban J connectivity index is 0.00000162. The zero-order chi connectivity index (χ0) is 12.3. The molecule has 0 amide bonds. The summed E-state index contributed by atoms with van der Waals surface area (Å²) in [6, 6.07) is 16.7. The first-order chi connectivity index (χ1) is 8.15. The fraction of sp³-hybridized carbons (Fsp3) is 0.0714. The molecule has 90 valence electrons. The van der Waals surface area contributed by atoms with Gasteiger partial charge in [-0.15, -0.1) is 0 Å². The number of hydrogen-bond acceptors (Lipinski definition) is 2. The molecule has 2 rings (SSSR count). The number of benzene rings is 2. The number of rotatable bonds is 3. The molecule has 0 saturated heterocycles. The zero-order valence-electron chi connectivity index (χ0n) is 10.7. The summed E-state index contributed by atoms with van der Waals surface area (Å²) in [6.07, 6.45) is 0. The van der Waals surface area contributed by atoms with E-state index in [1.165, 1.54) is 0 Å². The maximum absolute atomic E-state index is 11.4. The van der Waals surface area contributed by atoms with Crippen molar-refractivity contribution in [1.29, 1.82) is 0 Å². The van der Waals surface area contributed by atoms with E-state index in [4.69, 9.17) is 0 Å². The summed E-state index contributed by atoms with van der Waals surface area (Å²) in [6.45, 7) is 0. The van der Waals surface area contributed by atoms with Crippen LogP contribution in [0.15, 0.2) is 60.7 Å². The summed E-state index contributed by atoms with van der Waals surface area (Å²) in [5, 5.41) is 19.7. The smallest absolute Gasteiger partial charge is 0.345 e. The van der Waals surface area contributed by atoms with Crippen molar-refractivity contribution >= 4 is 33.2 Å². The normalized spacial score (nSPS) is 9.95. The van der Waals surface area contributed by atoms with E-state index in [2.05, 4.69) is 0 Å². The first-order valence-electron chi connectivity index (χ1n) is 5.22. The van der Waals surface area contributed by atoms with E-state index < -0.39 is 11.6 Å². The van der Waals surface area contributed by atoms with Crippen LogP contribution in [0.5, 0.6) is 0 Å². The summed E-state index contributed by atoms with van der Waals surface area (Å²) in [4.78, 5) is 11.4. The quantitative estimate of drug-likeness (QED) is 0.801. The molecule has 0 aliphatic carbocycles. The molecule has 19 heavy (non-hydrogen) atoms. The van der Waals surface area contributed by atoms with Crippen molar-refractivity contribution in [1.82, 2.24) is 0 Å². The van der Waals surface area contributed by atoms with Gasteiger partial charge in [0.2, 0.25) is 5.60 Å². The van der Waals surface area contributed by atoms with Gasteiger partial charge in [-0.3, -0.25) is 0 Å². The molecule has 0 aliphatic rings. The van der Waals surface area contributed by atoms with Crippen LogP contribution >= 0.6 is 0 Å². The summed E-state index contributed by atoms with van der Waals surface area (Å²) < 4.78 is 0. The van der Waals surface area contributed by atoms with E-state index in [9.17, 15) is 15.0 Å². The molecule has 0 unspecified atom stereocenters. The summed E-state index contributed by atoms with van der Waals surface area (Å²) in [7, 11) is 0. The Morgan fingerprint density at radius 1 is 0.842 bits per heavy atom. The largest absolute Gasteiger partial charge is 0.479 e. The van der Waals surface area contributed by atoms with Crippen LogP contribution in [0.1, 0.15) is 11.1 Å². The van der Waals surface area contributed by atoms with Gasteiger partial charge in [0.05, 0.1) is 0 Å². The second kappa shape index (κ2) is 7.20. The average molecular weight is 246 g/mol. The van der Waals surface area contributed by atoms with E-state index in [-0.39, 0.29) is 27.3 Å². The van der Waals surface area contributed by atoms with Crippen molar-refractivity contribution < 1.29 is 15.0 Å².